The molecule has 1 rings (SSSR count). The fourth-order valence-corrected chi connectivity index (χ4v) is 3.18. The highest BCUT2D eigenvalue weighted by Gasteiger charge is 2.21. The van der Waals surface area contributed by atoms with Gasteiger partial charge in [0.05, 0.1) is 6.04 Å². The maximum Gasteiger partial charge on any atom is 0.239 e. The molecule has 1 aliphatic heterocycles. The lowest BCUT2D eigenvalue weighted by molar-refractivity contribution is -0.133. The van der Waals surface area contributed by atoms with E-state index in [0.717, 1.165) is 39.0 Å². The smallest absolute Gasteiger partial charge is 0.239 e. The van der Waals surface area contributed by atoms with Crippen molar-refractivity contribution in [1.29, 1.82) is 0 Å². The van der Waals surface area contributed by atoms with E-state index < -0.39 is 0 Å². The first-order chi connectivity index (χ1) is 9.93. The molecule has 1 fully saturated rings. The lowest BCUT2D eigenvalue weighted by Gasteiger charge is -2.31. The molecule has 1 amide bonds. The molecule has 0 bridgehead atoms. The van der Waals surface area contributed by atoms with E-state index in [4.69, 9.17) is 0 Å². The second kappa shape index (κ2) is 9.42. The first-order valence-corrected chi connectivity index (χ1v) is 8.71. The average molecular weight is 297 g/mol. The van der Waals surface area contributed by atoms with E-state index in [-0.39, 0.29) is 11.9 Å². The van der Waals surface area contributed by atoms with E-state index in [2.05, 4.69) is 37.9 Å². The Bertz CT molecular complexity index is 288. The summed E-state index contributed by atoms with van der Waals surface area (Å²) in [6, 6.07) is 1.02. The summed E-state index contributed by atoms with van der Waals surface area (Å²) < 4.78 is 0. The molecule has 0 aliphatic carbocycles. The summed E-state index contributed by atoms with van der Waals surface area (Å²) in [5.41, 5.74) is 0. The number of carbonyl (C=O) groups excluding carboxylic acids is 1. The molecular weight excluding hydrogens is 262 g/mol. The van der Waals surface area contributed by atoms with E-state index in [1.165, 1.54) is 12.8 Å². The Morgan fingerprint density at radius 1 is 1.00 bits per heavy atom. The van der Waals surface area contributed by atoms with Gasteiger partial charge >= 0.3 is 0 Å². The second-order valence-electron chi connectivity index (χ2n) is 6.84. The van der Waals surface area contributed by atoms with Crippen LogP contribution in [0, 0.1) is 0 Å². The van der Waals surface area contributed by atoms with Crippen LogP contribution >= 0.6 is 0 Å². The molecule has 21 heavy (non-hydrogen) atoms. The number of likely N-dealkylation sites (tertiary alicyclic amines) is 1. The van der Waals surface area contributed by atoms with Crippen LogP contribution in [0.1, 0.15) is 60.3 Å². The van der Waals surface area contributed by atoms with Crippen molar-refractivity contribution in [3.63, 3.8) is 0 Å². The van der Waals surface area contributed by atoms with Crippen LogP contribution in [-0.2, 0) is 4.79 Å². The summed E-state index contributed by atoms with van der Waals surface area (Å²) in [7, 11) is 0. The van der Waals surface area contributed by atoms with Gasteiger partial charge in [0.1, 0.15) is 0 Å². The molecule has 0 saturated carbocycles. The maximum atomic E-state index is 12.4. The molecule has 1 saturated heterocycles. The molecule has 1 atom stereocenters. The van der Waals surface area contributed by atoms with Crippen LogP contribution in [0.5, 0.6) is 0 Å². The number of nitrogens with one attached hydrogen (secondary N) is 1. The highest BCUT2D eigenvalue weighted by Crippen LogP contribution is 2.10. The molecule has 0 spiro atoms. The standard InChI is InChI=1S/C17H35N3O/c1-14(2)20(15(3)4)13-10-18-16(5)17(21)19-11-8-6-7-9-12-19/h14-16,18H,6-13H2,1-5H3. The number of rotatable bonds is 7. The summed E-state index contributed by atoms with van der Waals surface area (Å²) in [5, 5.41) is 3.41. The van der Waals surface area contributed by atoms with Gasteiger partial charge in [0, 0.05) is 38.3 Å². The SMILES string of the molecule is CC(NCCN(C(C)C)C(C)C)C(=O)N1CCCCCC1. The molecule has 0 radical (unpaired) electrons. The summed E-state index contributed by atoms with van der Waals surface area (Å²) in [4.78, 5) is 16.9. The quantitative estimate of drug-likeness (QED) is 0.784. The lowest BCUT2D eigenvalue weighted by atomic mass is 10.2. The van der Waals surface area contributed by atoms with Crippen molar-refractivity contribution >= 4 is 5.91 Å². The first-order valence-electron chi connectivity index (χ1n) is 8.71. The molecular formula is C17H35N3O. The minimum absolute atomic E-state index is 0.0655. The zero-order valence-corrected chi connectivity index (χ0v) is 14.7. The molecule has 4 heteroatoms. The van der Waals surface area contributed by atoms with Crippen LogP contribution in [0.2, 0.25) is 0 Å². The fraction of sp³-hybridized carbons (Fsp3) is 0.941. The number of hydrogen-bond acceptors (Lipinski definition) is 3. The summed E-state index contributed by atoms with van der Waals surface area (Å²) in [6.07, 6.45) is 4.85. The molecule has 0 aromatic heterocycles. The Hall–Kier alpha value is -0.610. The van der Waals surface area contributed by atoms with Gasteiger partial charge in [-0.25, -0.2) is 0 Å². The summed E-state index contributed by atoms with van der Waals surface area (Å²) in [6.45, 7) is 14.7. The number of carbonyl (C=O) groups is 1. The minimum atomic E-state index is -0.0655. The van der Waals surface area contributed by atoms with Crippen molar-refractivity contribution < 1.29 is 4.79 Å². The number of nitrogens with zero attached hydrogens (tertiary/aromatic N) is 2. The third kappa shape index (κ3) is 6.35. The van der Waals surface area contributed by atoms with Gasteiger partial charge in [0.2, 0.25) is 5.91 Å². The lowest BCUT2D eigenvalue weighted by Crippen LogP contribution is -2.48. The molecule has 1 heterocycles. The molecule has 0 aromatic carbocycles. The van der Waals surface area contributed by atoms with Gasteiger partial charge in [0.15, 0.2) is 0 Å². The third-order valence-corrected chi connectivity index (χ3v) is 4.44. The van der Waals surface area contributed by atoms with Crippen molar-refractivity contribution in [2.24, 2.45) is 0 Å². The van der Waals surface area contributed by atoms with Gasteiger partial charge in [-0.05, 0) is 47.5 Å². The highest BCUT2D eigenvalue weighted by molar-refractivity contribution is 5.81. The van der Waals surface area contributed by atoms with Crippen LogP contribution in [0.3, 0.4) is 0 Å². The fourth-order valence-electron chi connectivity index (χ4n) is 3.18. The monoisotopic (exact) mass is 297 g/mol. The molecule has 1 aliphatic rings. The van der Waals surface area contributed by atoms with E-state index in [1.807, 2.05) is 11.8 Å². The third-order valence-electron chi connectivity index (χ3n) is 4.44. The largest absolute Gasteiger partial charge is 0.341 e. The topological polar surface area (TPSA) is 35.6 Å². The predicted octanol–water partition coefficient (Wildman–Crippen LogP) is 2.49. The molecule has 1 N–H and O–H groups in total. The van der Waals surface area contributed by atoms with Gasteiger partial charge in [-0.2, -0.15) is 0 Å². The zero-order chi connectivity index (χ0) is 15.8. The van der Waals surface area contributed by atoms with Gasteiger partial charge < -0.3 is 10.2 Å². The van der Waals surface area contributed by atoms with Gasteiger partial charge in [-0.1, -0.05) is 12.8 Å². The zero-order valence-electron chi connectivity index (χ0n) is 14.7. The normalized spacial score (nSPS) is 18.4. The van der Waals surface area contributed by atoms with Crippen LogP contribution in [0.4, 0.5) is 0 Å². The van der Waals surface area contributed by atoms with Crippen molar-refractivity contribution in [2.45, 2.75) is 78.4 Å². The Balaban J connectivity index is 2.34. The average Bonchev–Trinajstić information content (AvgIpc) is 2.70. The summed E-state index contributed by atoms with van der Waals surface area (Å²) in [5.74, 6) is 0.276. The minimum Gasteiger partial charge on any atom is -0.341 e. The van der Waals surface area contributed by atoms with E-state index in [9.17, 15) is 4.79 Å². The van der Waals surface area contributed by atoms with Gasteiger partial charge in [-0.15, -0.1) is 0 Å². The van der Waals surface area contributed by atoms with Crippen molar-refractivity contribution in [3.8, 4) is 0 Å². The van der Waals surface area contributed by atoms with Gasteiger partial charge in [0.25, 0.3) is 0 Å². The highest BCUT2D eigenvalue weighted by atomic mass is 16.2. The Kier molecular flexibility index (Phi) is 8.27. The molecule has 4 nitrogen and oxygen atoms in total. The van der Waals surface area contributed by atoms with E-state index in [1.54, 1.807) is 0 Å². The first kappa shape index (κ1) is 18.4. The molecule has 124 valence electrons. The molecule has 1 unspecified atom stereocenters. The van der Waals surface area contributed by atoms with Crippen molar-refractivity contribution in [1.82, 2.24) is 15.1 Å². The van der Waals surface area contributed by atoms with Crippen LogP contribution < -0.4 is 5.32 Å². The number of hydrogen-bond donors (Lipinski definition) is 1. The maximum absolute atomic E-state index is 12.4. The van der Waals surface area contributed by atoms with Crippen LogP contribution in [-0.4, -0.2) is 60.0 Å². The van der Waals surface area contributed by atoms with Gasteiger partial charge in [-0.3, -0.25) is 9.69 Å². The van der Waals surface area contributed by atoms with Crippen molar-refractivity contribution in [3.05, 3.63) is 0 Å². The Labute approximate surface area is 131 Å². The predicted molar refractivity (Wildman–Crippen MR) is 89.5 cm³/mol. The van der Waals surface area contributed by atoms with Crippen molar-refractivity contribution in [2.75, 3.05) is 26.2 Å². The van der Waals surface area contributed by atoms with E-state index >= 15 is 0 Å². The van der Waals surface area contributed by atoms with Crippen LogP contribution in [0.25, 0.3) is 0 Å². The Morgan fingerprint density at radius 3 is 2.00 bits per heavy atom. The van der Waals surface area contributed by atoms with Crippen LogP contribution in [0.15, 0.2) is 0 Å². The number of amides is 1. The second-order valence-corrected chi connectivity index (χ2v) is 6.84. The summed E-state index contributed by atoms with van der Waals surface area (Å²) >= 11 is 0. The van der Waals surface area contributed by atoms with E-state index in [0.29, 0.717) is 12.1 Å². The Morgan fingerprint density at radius 2 is 1.52 bits per heavy atom. The molecule has 0 aromatic rings.